The first kappa shape index (κ1) is 20.9. The Balaban J connectivity index is 1.57. The number of aliphatic hydroxyl groups excluding tert-OH is 1. The van der Waals surface area contributed by atoms with E-state index in [4.69, 9.17) is 25.8 Å². The summed E-state index contributed by atoms with van der Waals surface area (Å²) in [4.78, 5) is 2.25. The number of ether oxygens (including phenoxy) is 3. The molecule has 5 nitrogen and oxygen atoms in total. The van der Waals surface area contributed by atoms with Gasteiger partial charge >= 0.3 is 0 Å². The normalized spacial score (nSPS) is 20.1. The smallest absolute Gasteiger partial charge is 0.127 e. The Morgan fingerprint density at radius 2 is 1.96 bits per heavy atom. The number of benzene rings is 2. The van der Waals surface area contributed by atoms with E-state index in [-0.39, 0.29) is 6.10 Å². The van der Waals surface area contributed by atoms with Crippen molar-refractivity contribution in [2.24, 2.45) is 0 Å². The molecule has 0 saturated carbocycles. The second-order valence-electron chi connectivity index (χ2n) is 6.98. The summed E-state index contributed by atoms with van der Waals surface area (Å²) in [5.41, 5.74) is 2.23. The van der Waals surface area contributed by atoms with Crippen molar-refractivity contribution in [2.75, 3.05) is 26.8 Å². The molecule has 0 spiro atoms. The van der Waals surface area contributed by atoms with Crippen LogP contribution in [-0.4, -0.2) is 49.0 Å². The molecule has 1 saturated heterocycles. The molecule has 28 heavy (non-hydrogen) atoms. The van der Waals surface area contributed by atoms with Gasteiger partial charge in [0.05, 0.1) is 13.7 Å². The number of hydrogen-bond donors (Lipinski definition) is 1. The summed E-state index contributed by atoms with van der Waals surface area (Å²) in [6.45, 7) is 5.39. The van der Waals surface area contributed by atoms with E-state index in [9.17, 15) is 5.11 Å². The molecule has 1 aliphatic rings. The fourth-order valence-corrected chi connectivity index (χ4v) is 3.58. The molecule has 0 radical (unpaired) electrons. The molecule has 0 aromatic heterocycles. The van der Waals surface area contributed by atoms with Gasteiger partial charge in [-0.1, -0.05) is 17.7 Å². The molecule has 1 heterocycles. The Hall–Kier alpha value is -1.79. The molecule has 152 valence electrons. The van der Waals surface area contributed by atoms with E-state index in [0.717, 1.165) is 36.6 Å². The molecule has 0 amide bonds. The number of likely N-dealkylation sites (tertiary alicyclic amines) is 1. The van der Waals surface area contributed by atoms with Crippen LogP contribution in [0.25, 0.3) is 0 Å². The number of nitrogens with zero attached hydrogens (tertiary/aromatic N) is 1. The molecular formula is C22H28ClNO4. The van der Waals surface area contributed by atoms with Gasteiger partial charge in [0, 0.05) is 36.8 Å². The highest BCUT2D eigenvalue weighted by atomic mass is 35.5. The first-order valence-corrected chi connectivity index (χ1v) is 10.0. The third kappa shape index (κ3) is 5.61. The van der Waals surface area contributed by atoms with Crippen LogP contribution < -0.4 is 9.47 Å². The third-order valence-corrected chi connectivity index (χ3v) is 5.17. The first-order chi connectivity index (χ1) is 13.6. The Labute approximate surface area is 171 Å². The highest BCUT2D eigenvalue weighted by Gasteiger charge is 2.29. The number of piperidine rings is 1. The summed E-state index contributed by atoms with van der Waals surface area (Å²) in [6, 6.07) is 13.4. The Bertz CT molecular complexity index is 753. The molecule has 3 rings (SSSR count). The number of hydrogen-bond acceptors (Lipinski definition) is 5. The number of halogens is 1. The summed E-state index contributed by atoms with van der Waals surface area (Å²) >= 11 is 5.91. The molecule has 1 fully saturated rings. The van der Waals surface area contributed by atoms with Crippen molar-refractivity contribution in [1.82, 2.24) is 4.90 Å². The summed E-state index contributed by atoms with van der Waals surface area (Å²) in [5, 5.41) is 11.2. The molecule has 0 unspecified atom stereocenters. The second kappa shape index (κ2) is 10.1. The topological polar surface area (TPSA) is 51.2 Å². The minimum absolute atomic E-state index is 0.207. The van der Waals surface area contributed by atoms with Crippen LogP contribution in [0.1, 0.15) is 24.5 Å². The third-order valence-electron chi connectivity index (χ3n) is 4.92. The van der Waals surface area contributed by atoms with E-state index >= 15 is 0 Å². The van der Waals surface area contributed by atoms with Crippen molar-refractivity contribution >= 4 is 11.6 Å². The summed E-state index contributed by atoms with van der Waals surface area (Å²) in [7, 11) is 1.67. The maximum atomic E-state index is 10.6. The zero-order valence-corrected chi connectivity index (χ0v) is 17.2. The van der Waals surface area contributed by atoms with Crippen molar-refractivity contribution in [3.63, 3.8) is 0 Å². The zero-order valence-electron chi connectivity index (χ0n) is 16.4. The van der Waals surface area contributed by atoms with Crippen LogP contribution in [0.3, 0.4) is 0 Å². The van der Waals surface area contributed by atoms with Crippen LogP contribution in [0.4, 0.5) is 0 Å². The largest absolute Gasteiger partial charge is 0.496 e. The maximum Gasteiger partial charge on any atom is 0.127 e. The van der Waals surface area contributed by atoms with E-state index < -0.39 is 6.10 Å². The SMILES string of the molecule is CCOCc1cc(CN2CC[C@@H](Oc3ccc(Cl)cc3)[C@H](O)C2)ccc1OC. The maximum absolute atomic E-state index is 10.6. The van der Waals surface area contributed by atoms with Crippen molar-refractivity contribution in [3.8, 4) is 11.5 Å². The van der Waals surface area contributed by atoms with Crippen LogP contribution >= 0.6 is 11.6 Å². The van der Waals surface area contributed by atoms with E-state index in [1.807, 2.05) is 25.1 Å². The van der Waals surface area contributed by atoms with Crippen molar-refractivity contribution < 1.29 is 19.3 Å². The highest BCUT2D eigenvalue weighted by Crippen LogP contribution is 2.24. The lowest BCUT2D eigenvalue weighted by molar-refractivity contribution is -0.0275. The van der Waals surface area contributed by atoms with Gasteiger partial charge in [0.1, 0.15) is 23.7 Å². The van der Waals surface area contributed by atoms with Crippen molar-refractivity contribution in [1.29, 1.82) is 0 Å². The van der Waals surface area contributed by atoms with Gasteiger partial charge in [-0.25, -0.2) is 0 Å². The number of methoxy groups -OCH3 is 1. The quantitative estimate of drug-likeness (QED) is 0.721. The van der Waals surface area contributed by atoms with Gasteiger partial charge in [-0.3, -0.25) is 4.90 Å². The van der Waals surface area contributed by atoms with Gasteiger partial charge in [-0.15, -0.1) is 0 Å². The van der Waals surface area contributed by atoms with Crippen molar-refractivity contribution in [2.45, 2.75) is 38.7 Å². The molecule has 2 aromatic carbocycles. The Morgan fingerprint density at radius 1 is 1.18 bits per heavy atom. The molecule has 2 atom stereocenters. The lowest BCUT2D eigenvalue weighted by atomic mass is 10.0. The second-order valence-corrected chi connectivity index (χ2v) is 7.42. The van der Waals surface area contributed by atoms with Crippen molar-refractivity contribution in [3.05, 3.63) is 58.6 Å². The van der Waals surface area contributed by atoms with E-state index in [1.54, 1.807) is 19.2 Å². The number of aliphatic hydroxyl groups is 1. The molecule has 1 N–H and O–H groups in total. The van der Waals surface area contributed by atoms with Gasteiger partial charge in [0.25, 0.3) is 0 Å². The van der Waals surface area contributed by atoms with Gasteiger partial charge in [0.15, 0.2) is 0 Å². The van der Waals surface area contributed by atoms with Crippen LogP contribution in [-0.2, 0) is 17.9 Å². The van der Waals surface area contributed by atoms with Crippen LogP contribution in [0.15, 0.2) is 42.5 Å². The summed E-state index contributed by atoms with van der Waals surface area (Å²) in [6.07, 6.45) is 0.0264. The Morgan fingerprint density at radius 3 is 2.64 bits per heavy atom. The molecule has 0 aliphatic carbocycles. The van der Waals surface area contributed by atoms with Gasteiger partial charge in [0.2, 0.25) is 0 Å². The highest BCUT2D eigenvalue weighted by molar-refractivity contribution is 6.30. The van der Waals surface area contributed by atoms with Crippen LogP contribution in [0, 0.1) is 0 Å². The average molecular weight is 406 g/mol. The number of β-amino-alcohol motifs (C(OH)–C–C–N with tert-alkyl or cyclic N) is 1. The molecule has 1 aliphatic heterocycles. The predicted octanol–water partition coefficient (Wildman–Crippen LogP) is 3.90. The molecule has 2 aromatic rings. The predicted molar refractivity (Wildman–Crippen MR) is 110 cm³/mol. The minimum atomic E-state index is -0.537. The van der Waals surface area contributed by atoms with Crippen LogP contribution in [0.2, 0.25) is 5.02 Å². The van der Waals surface area contributed by atoms with Crippen LogP contribution in [0.5, 0.6) is 11.5 Å². The fourth-order valence-electron chi connectivity index (χ4n) is 3.46. The summed E-state index contributed by atoms with van der Waals surface area (Å²) in [5.74, 6) is 1.57. The number of rotatable bonds is 8. The van der Waals surface area contributed by atoms with E-state index in [2.05, 4.69) is 17.0 Å². The average Bonchev–Trinajstić information content (AvgIpc) is 2.70. The zero-order chi connectivity index (χ0) is 19.9. The molecular weight excluding hydrogens is 378 g/mol. The van der Waals surface area contributed by atoms with Gasteiger partial charge in [-0.05, 0) is 55.3 Å². The Kier molecular flexibility index (Phi) is 7.57. The van der Waals surface area contributed by atoms with Gasteiger partial charge < -0.3 is 19.3 Å². The lowest BCUT2D eigenvalue weighted by Crippen LogP contribution is -2.48. The monoisotopic (exact) mass is 405 g/mol. The first-order valence-electron chi connectivity index (χ1n) is 9.65. The summed E-state index contributed by atoms with van der Waals surface area (Å²) < 4.78 is 16.9. The standard InChI is InChI=1S/C22H28ClNO4/c1-3-27-15-17-12-16(4-9-21(17)26-2)13-24-11-10-22(20(25)14-24)28-19-7-5-18(23)6-8-19/h4-9,12,20,22,25H,3,10-11,13-15H2,1-2H3/t20-,22-/m1/s1. The van der Waals surface area contributed by atoms with E-state index in [1.165, 1.54) is 5.56 Å². The molecule has 6 heteroatoms. The van der Waals surface area contributed by atoms with E-state index in [0.29, 0.717) is 24.8 Å². The fraction of sp³-hybridized carbons (Fsp3) is 0.455. The lowest BCUT2D eigenvalue weighted by Gasteiger charge is -2.36. The van der Waals surface area contributed by atoms with Gasteiger partial charge in [-0.2, -0.15) is 0 Å². The molecule has 0 bridgehead atoms. The minimum Gasteiger partial charge on any atom is -0.496 e.